The number of pyridine rings is 2. The van der Waals surface area contributed by atoms with Crippen LogP contribution in [-0.2, 0) is 0 Å². The van der Waals surface area contributed by atoms with Gasteiger partial charge in [-0.3, -0.25) is 4.98 Å². The maximum Gasteiger partial charge on any atom is 0.160 e. The lowest BCUT2D eigenvalue weighted by molar-refractivity contribution is 1.18. The van der Waals surface area contributed by atoms with Crippen molar-refractivity contribution in [2.75, 3.05) is 0 Å². The summed E-state index contributed by atoms with van der Waals surface area (Å²) in [5.74, 6) is 0.700. The molecule has 0 spiro atoms. The number of aromatic nitrogens is 4. The van der Waals surface area contributed by atoms with Crippen LogP contribution < -0.4 is 0 Å². The number of aryl methyl sites for hydroxylation is 2. The molecule has 0 aliphatic carbocycles. The van der Waals surface area contributed by atoms with Crippen LogP contribution in [0.1, 0.15) is 11.3 Å². The Kier molecular flexibility index (Phi) is 7.90. The minimum absolute atomic E-state index is 0.700. The first-order valence-electron chi connectivity index (χ1n) is 17.6. The fraction of sp³-hybridized carbons (Fsp3) is 0.0417. The van der Waals surface area contributed by atoms with Gasteiger partial charge in [0, 0.05) is 38.7 Å². The largest absolute Gasteiger partial charge is 0.251 e. The lowest BCUT2D eigenvalue weighted by Crippen LogP contribution is -1.96. The molecule has 0 radical (unpaired) electrons. The number of hydrogen-bond donors (Lipinski definition) is 0. The van der Waals surface area contributed by atoms with E-state index in [1.807, 2.05) is 31.2 Å². The summed E-state index contributed by atoms with van der Waals surface area (Å²) in [5.41, 5.74) is 15.5. The first kappa shape index (κ1) is 31.2. The van der Waals surface area contributed by atoms with Gasteiger partial charge in [-0.1, -0.05) is 146 Å². The van der Waals surface area contributed by atoms with Gasteiger partial charge in [0.15, 0.2) is 5.82 Å². The second-order valence-electron chi connectivity index (χ2n) is 13.2. The van der Waals surface area contributed by atoms with Crippen LogP contribution in [0.2, 0.25) is 0 Å². The van der Waals surface area contributed by atoms with E-state index in [9.17, 15) is 0 Å². The molecule has 0 aliphatic rings. The van der Waals surface area contributed by atoms with Crippen molar-refractivity contribution in [3.05, 3.63) is 181 Å². The molecule has 0 bridgehead atoms. The highest BCUT2D eigenvalue weighted by Crippen LogP contribution is 2.33. The van der Waals surface area contributed by atoms with Crippen LogP contribution >= 0.6 is 0 Å². The van der Waals surface area contributed by atoms with Crippen LogP contribution in [0.3, 0.4) is 0 Å². The summed E-state index contributed by atoms with van der Waals surface area (Å²) in [7, 11) is 0. The van der Waals surface area contributed by atoms with E-state index in [4.69, 9.17) is 19.9 Å². The fourth-order valence-corrected chi connectivity index (χ4v) is 6.90. The standard InChI is InChI=1S/C48H34N4/c1-31-28-43(50-47-42(31)27-26-38-17-16-32(2)49-46(38)47)36-24-20-35(21-25-36)40-14-9-15-41(29-40)45-30-44(51-48(52-45)39-12-7-4-8-13-39)37-22-18-34(19-23-37)33-10-5-3-6-11-33/h3-30H,1-2H3. The summed E-state index contributed by atoms with van der Waals surface area (Å²) < 4.78 is 0. The molecule has 0 amide bonds. The molecule has 0 fully saturated rings. The molecule has 6 aromatic carbocycles. The Labute approximate surface area is 303 Å². The number of benzene rings is 6. The van der Waals surface area contributed by atoms with Crippen LogP contribution in [0.15, 0.2) is 170 Å². The summed E-state index contributed by atoms with van der Waals surface area (Å²) in [4.78, 5) is 20.1. The zero-order chi connectivity index (χ0) is 35.0. The third-order valence-corrected chi connectivity index (χ3v) is 9.70. The van der Waals surface area contributed by atoms with Crippen LogP contribution in [0, 0.1) is 13.8 Å². The Morgan fingerprint density at radius 3 is 1.54 bits per heavy atom. The first-order chi connectivity index (χ1) is 25.6. The molecule has 0 aliphatic heterocycles. The van der Waals surface area contributed by atoms with Crippen molar-refractivity contribution in [3.8, 4) is 67.4 Å². The van der Waals surface area contributed by atoms with E-state index in [0.29, 0.717) is 5.82 Å². The molecule has 9 rings (SSSR count). The van der Waals surface area contributed by atoms with E-state index >= 15 is 0 Å². The smallest absolute Gasteiger partial charge is 0.160 e. The molecule has 9 aromatic rings. The molecule has 3 heterocycles. The molecule has 0 saturated heterocycles. The summed E-state index contributed by atoms with van der Waals surface area (Å²) in [5, 5.41) is 2.24. The third kappa shape index (κ3) is 6.01. The molecular weight excluding hydrogens is 633 g/mol. The number of hydrogen-bond acceptors (Lipinski definition) is 4. The molecule has 52 heavy (non-hydrogen) atoms. The maximum absolute atomic E-state index is 5.14. The van der Waals surface area contributed by atoms with E-state index < -0.39 is 0 Å². The highest BCUT2D eigenvalue weighted by molar-refractivity contribution is 6.04. The van der Waals surface area contributed by atoms with E-state index in [1.165, 1.54) is 16.7 Å². The van der Waals surface area contributed by atoms with Gasteiger partial charge in [-0.05, 0) is 65.9 Å². The molecule has 0 N–H and O–H groups in total. The topological polar surface area (TPSA) is 51.6 Å². The highest BCUT2D eigenvalue weighted by Gasteiger charge is 2.13. The van der Waals surface area contributed by atoms with Gasteiger partial charge in [-0.15, -0.1) is 0 Å². The highest BCUT2D eigenvalue weighted by atomic mass is 14.9. The molecule has 0 atom stereocenters. The lowest BCUT2D eigenvalue weighted by Gasteiger charge is -2.12. The van der Waals surface area contributed by atoms with Gasteiger partial charge in [-0.25, -0.2) is 15.0 Å². The molecular formula is C48H34N4. The van der Waals surface area contributed by atoms with Crippen LogP contribution in [0.25, 0.3) is 89.2 Å². The molecule has 4 heteroatoms. The van der Waals surface area contributed by atoms with E-state index in [0.717, 1.165) is 78.0 Å². The lowest BCUT2D eigenvalue weighted by atomic mass is 9.98. The normalized spacial score (nSPS) is 11.3. The molecule has 0 unspecified atom stereocenters. The van der Waals surface area contributed by atoms with Gasteiger partial charge in [-0.2, -0.15) is 0 Å². The van der Waals surface area contributed by atoms with Gasteiger partial charge in [0.25, 0.3) is 0 Å². The second-order valence-corrected chi connectivity index (χ2v) is 13.2. The average Bonchev–Trinajstić information content (AvgIpc) is 3.21. The summed E-state index contributed by atoms with van der Waals surface area (Å²) in [6.07, 6.45) is 0. The van der Waals surface area contributed by atoms with Gasteiger partial charge < -0.3 is 0 Å². The Hall–Kier alpha value is -6.78. The minimum Gasteiger partial charge on any atom is -0.251 e. The predicted octanol–water partition coefficient (Wildman–Crippen LogP) is 12.2. The Morgan fingerprint density at radius 1 is 0.327 bits per heavy atom. The van der Waals surface area contributed by atoms with Gasteiger partial charge in [0.1, 0.15) is 0 Å². The SMILES string of the molecule is Cc1ccc2ccc3c(C)cc(-c4ccc(-c5cccc(-c6cc(-c7ccc(-c8ccccc8)cc7)nc(-c7ccccc7)n6)c5)cc4)nc3c2n1. The van der Waals surface area contributed by atoms with Crippen molar-refractivity contribution in [2.24, 2.45) is 0 Å². The van der Waals surface area contributed by atoms with Crippen molar-refractivity contribution >= 4 is 21.8 Å². The predicted molar refractivity (Wildman–Crippen MR) is 215 cm³/mol. The van der Waals surface area contributed by atoms with Crippen molar-refractivity contribution in [1.82, 2.24) is 19.9 Å². The van der Waals surface area contributed by atoms with Gasteiger partial charge in [0.2, 0.25) is 0 Å². The number of fused-ring (bicyclic) bond motifs is 3. The van der Waals surface area contributed by atoms with Crippen molar-refractivity contribution in [3.63, 3.8) is 0 Å². The number of rotatable bonds is 6. The quantitative estimate of drug-likeness (QED) is 0.166. The zero-order valence-corrected chi connectivity index (χ0v) is 29.0. The first-order valence-corrected chi connectivity index (χ1v) is 17.6. The third-order valence-electron chi connectivity index (χ3n) is 9.70. The fourth-order valence-electron chi connectivity index (χ4n) is 6.90. The summed E-state index contributed by atoms with van der Waals surface area (Å²) >= 11 is 0. The van der Waals surface area contributed by atoms with E-state index in [2.05, 4.69) is 153 Å². The maximum atomic E-state index is 5.14. The van der Waals surface area contributed by atoms with Crippen molar-refractivity contribution in [1.29, 1.82) is 0 Å². The molecule has 4 nitrogen and oxygen atoms in total. The summed E-state index contributed by atoms with van der Waals surface area (Å²) in [6, 6.07) is 59.2. The van der Waals surface area contributed by atoms with Crippen LogP contribution in [0.4, 0.5) is 0 Å². The van der Waals surface area contributed by atoms with Crippen LogP contribution in [0.5, 0.6) is 0 Å². The molecule has 246 valence electrons. The monoisotopic (exact) mass is 666 g/mol. The Balaban J connectivity index is 1.07. The average molecular weight is 667 g/mol. The summed E-state index contributed by atoms with van der Waals surface area (Å²) in [6.45, 7) is 4.18. The van der Waals surface area contributed by atoms with Crippen molar-refractivity contribution < 1.29 is 0 Å². The van der Waals surface area contributed by atoms with E-state index in [1.54, 1.807) is 0 Å². The van der Waals surface area contributed by atoms with Gasteiger partial charge in [0.05, 0.1) is 28.1 Å². The Bertz CT molecular complexity index is 2720. The van der Waals surface area contributed by atoms with E-state index in [-0.39, 0.29) is 0 Å². The van der Waals surface area contributed by atoms with Gasteiger partial charge >= 0.3 is 0 Å². The molecule has 3 aromatic heterocycles. The van der Waals surface area contributed by atoms with Crippen LogP contribution in [-0.4, -0.2) is 19.9 Å². The second kappa shape index (κ2) is 13.2. The Morgan fingerprint density at radius 2 is 0.846 bits per heavy atom. The van der Waals surface area contributed by atoms with Crippen molar-refractivity contribution in [2.45, 2.75) is 13.8 Å². The molecule has 0 saturated carbocycles. The zero-order valence-electron chi connectivity index (χ0n) is 29.0. The number of nitrogens with zero attached hydrogens (tertiary/aromatic N) is 4. The minimum atomic E-state index is 0.700.